The summed E-state index contributed by atoms with van der Waals surface area (Å²) in [6, 6.07) is 15.3. The van der Waals surface area contributed by atoms with Crippen molar-refractivity contribution in [2.75, 3.05) is 20.8 Å². The minimum atomic E-state index is -0.145. The lowest BCUT2D eigenvalue weighted by atomic mass is 9.84. The molecule has 0 heterocycles. The van der Waals surface area contributed by atoms with Gasteiger partial charge in [0.1, 0.15) is 0 Å². The summed E-state index contributed by atoms with van der Waals surface area (Å²) in [6.45, 7) is 4.76. The van der Waals surface area contributed by atoms with Gasteiger partial charge in [0.05, 0.1) is 14.2 Å². The molecule has 0 bridgehead atoms. The second kappa shape index (κ2) is 7.18. The highest BCUT2D eigenvalue weighted by Crippen LogP contribution is 2.27. The number of ether oxygens (including phenoxy) is 2. The lowest BCUT2D eigenvalue weighted by Crippen LogP contribution is -2.36. The molecule has 122 valence electrons. The smallest absolute Gasteiger partial charge is 0.251 e. The van der Waals surface area contributed by atoms with Gasteiger partial charge in [-0.3, -0.25) is 4.79 Å². The maximum Gasteiger partial charge on any atom is 0.251 e. The number of amides is 1. The average Bonchev–Trinajstić information content (AvgIpc) is 2.59. The van der Waals surface area contributed by atoms with Gasteiger partial charge in [0.25, 0.3) is 5.91 Å². The van der Waals surface area contributed by atoms with Gasteiger partial charge in [-0.1, -0.05) is 44.2 Å². The predicted molar refractivity (Wildman–Crippen MR) is 91.3 cm³/mol. The summed E-state index contributed by atoms with van der Waals surface area (Å²) in [5.41, 5.74) is 1.59. The predicted octanol–water partition coefficient (Wildman–Crippen LogP) is 3.41. The number of hydrogen-bond acceptors (Lipinski definition) is 3. The molecule has 0 atom stereocenters. The number of nitrogens with one attached hydrogen (secondary N) is 1. The Morgan fingerprint density at radius 3 is 2.26 bits per heavy atom. The first-order valence-electron chi connectivity index (χ1n) is 7.53. The first-order valence-corrected chi connectivity index (χ1v) is 7.53. The molecule has 0 aliphatic heterocycles. The summed E-state index contributed by atoms with van der Waals surface area (Å²) >= 11 is 0. The van der Waals surface area contributed by atoms with Crippen LogP contribution in [0.5, 0.6) is 11.5 Å². The molecule has 2 aromatic rings. The fourth-order valence-electron chi connectivity index (χ4n) is 2.37. The number of hydrogen-bond donors (Lipinski definition) is 1. The van der Waals surface area contributed by atoms with Gasteiger partial charge < -0.3 is 14.8 Å². The van der Waals surface area contributed by atoms with E-state index in [0.717, 1.165) is 0 Å². The first-order chi connectivity index (χ1) is 11.0. The van der Waals surface area contributed by atoms with Gasteiger partial charge in [-0.05, 0) is 23.8 Å². The van der Waals surface area contributed by atoms with Crippen LogP contribution < -0.4 is 14.8 Å². The normalized spacial score (nSPS) is 11.0. The average molecular weight is 313 g/mol. The molecular weight excluding hydrogens is 290 g/mol. The lowest BCUT2D eigenvalue weighted by molar-refractivity contribution is 0.0945. The number of carbonyl (C=O) groups is 1. The fourth-order valence-corrected chi connectivity index (χ4v) is 2.37. The Hall–Kier alpha value is -2.49. The lowest BCUT2D eigenvalue weighted by Gasteiger charge is -2.25. The van der Waals surface area contributed by atoms with Crippen LogP contribution in [0.15, 0.2) is 48.5 Å². The minimum Gasteiger partial charge on any atom is -0.493 e. The largest absolute Gasteiger partial charge is 0.493 e. The zero-order chi connectivity index (χ0) is 16.9. The van der Waals surface area contributed by atoms with E-state index in [1.807, 2.05) is 18.2 Å². The first kappa shape index (κ1) is 16.9. The fraction of sp³-hybridized carbons (Fsp3) is 0.316. The molecule has 1 N–H and O–H groups in total. The molecule has 4 heteroatoms. The summed E-state index contributed by atoms with van der Waals surface area (Å²) in [7, 11) is 3.12. The van der Waals surface area contributed by atoms with Crippen LogP contribution in [-0.4, -0.2) is 26.7 Å². The minimum absolute atomic E-state index is 0.130. The highest BCUT2D eigenvalue weighted by Gasteiger charge is 2.21. The van der Waals surface area contributed by atoms with Gasteiger partial charge in [-0.15, -0.1) is 0 Å². The Morgan fingerprint density at radius 2 is 1.65 bits per heavy atom. The topological polar surface area (TPSA) is 47.6 Å². The number of benzene rings is 2. The van der Waals surface area contributed by atoms with E-state index in [-0.39, 0.29) is 11.3 Å². The van der Waals surface area contributed by atoms with E-state index in [2.05, 4.69) is 31.3 Å². The molecule has 0 aromatic heterocycles. The van der Waals surface area contributed by atoms with Crippen LogP contribution in [0.3, 0.4) is 0 Å². The van der Waals surface area contributed by atoms with Gasteiger partial charge in [0, 0.05) is 17.5 Å². The molecule has 0 unspecified atom stereocenters. The van der Waals surface area contributed by atoms with Gasteiger partial charge >= 0.3 is 0 Å². The third-order valence-electron chi connectivity index (χ3n) is 3.89. The summed E-state index contributed by atoms with van der Waals surface area (Å²) in [6.07, 6.45) is 0. The molecule has 23 heavy (non-hydrogen) atoms. The van der Waals surface area contributed by atoms with Crippen molar-refractivity contribution in [3.63, 3.8) is 0 Å². The number of carbonyl (C=O) groups excluding carboxylic acids is 1. The van der Waals surface area contributed by atoms with Gasteiger partial charge in [0.2, 0.25) is 0 Å². The van der Waals surface area contributed by atoms with Crippen molar-refractivity contribution in [1.29, 1.82) is 0 Å². The molecule has 0 fully saturated rings. The summed E-state index contributed by atoms with van der Waals surface area (Å²) in [5, 5.41) is 2.99. The van der Waals surface area contributed by atoms with E-state index in [0.29, 0.717) is 23.6 Å². The maximum absolute atomic E-state index is 12.4. The SMILES string of the molecule is COc1ccc(C(=O)NCC(C)(C)c2ccccc2)cc1OC. The summed E-state index contributed by atoms with van der Waals surface area (Å²) < 4.78 is 10.4. The summed E-state index contributed by atoms with van der Waals surface area (Å²) in [4.78, 5) is 12.4. The van der Waals surface area contributed by atoms with Crippen LogP contribution in [0.2, 0.25) is 0 Å². The van der Waals surface area contributed by atoms with Crippen molar-refractivity contribution in [2.24, 2.45) is 0 Å². The Morgan fingerprint density at radius 1 is 1.00 bits per heavy atom. The van der Waals surface area contributed by atoms with Gasteiger partial charge in [-0.25, -0.2) is 0 Å². The molecule has 0 saturated heterocycles. The molecule has 2 rings (SSSR count). The van der Waals surface area contributed by atoms with Crippen LogP contribution in [0, 0.1) is 0 Å². The highest BCUT2D eigenvalue weighted by molar-refractivity contribution is 5.95. The van der Waals surface area contributed by atoms with E-state index < -0.39 is 0 Å². The van der Waals surface area contributed by atoms with Crippen molar-refractivity contribution in [3.8, 4) is 11.5 Å². The van der Waals surface area contributed by atoms with E-state index in [1.165, 1.54) is 5.56 Å². The van der Waals surface area contributed by atoms with E-state index in [4.69, 9.17) is 9.47 Å². The Balaban J connectivity index is 2.08. The third-order valence-corrected chi connectivity index (χ3v) is 3.89. The van der Waals surface area contributed by atoms with Crippen LogP contribution in [0.1, 0.15) is 29.8 Å². The van der Waals surface area contributed by atoms with E-state index >= 15 is 0 Å². The molecule has 2 aromatic carbocycles. The van der Waals surface area contributed by atoms with Crippen LogP contribution in [0.4, 0.5) is 0 Å². The van der Waals surface area contributed by atoms with Crippen LogP contribution in [-0.2, 0) is 5.41 Å². The van der Waals surface area contributed by atoms with Gasteiger partial charge in [-0.2, -0.15) is 0 Å². The molecule has 0 aliphatic rings. The second-order valence-corrected chi connectivity index (χ2v) is 6.00. The second-order valence-electron chi connectivity index (χ2n) is 6.00. The zero-order valence-electron chi connectivity index (χ0n) is 14.1. The Bertz CT molecular complexity index is 666. The number of methoxy groups -OCH3 is 2. The van der Waals surface area contributed by atoms with Crippen LogP contribution in [0.25, 0.3) is 0 Å². The maximum atomic E-state index is 12.4. The zero-order valence-corrected chi connectivity index (χ0v) is 14.1. The van der Waals surface area contributed by atoms with Crippen LogP contribution >= 0.6 is 0 Å². The van der Waals surface area contributed by atoms with E-state index in [9.17, 15) is 4.79 Å². The van der Waals surface area contributed by atoms with Crippen molar-refractivity contribution < 1.29 is 14.3 Å². The quantitative estimate of drug-likeness (QED) is 0.889. The van der Waals surface area contributed by atoms with Crippen molar-refractivity contribution in [2.45, 2.75) is 19.3 Å². The molecule has 4 nitrogen and oxygen atoms in total. The third kappa shape index (κ3) is 4.03. The van der Waals surface area contributed by atoms with Crippen molar-refractivity contribution in [1.82, 2.24) is 5.32 Å². The van der Waals surface area contributed by atoms with Crippen molar-refractivity contribution in [3.05, 3.63) is 59.7 Å². The molecule has 0 radical (unpaired) electrons. The number of rotatable bonds is 6. The molecule has 1 amide bonds. The molecular formula is C19H23NO3. The molecule has 0 saturated carbocycles. The standard InChI is InChI=1S/C19H23NO3/c1-19(2,15-8-6-5-7-9-15)13-20-18(21)14-10-11-16(22-3)17(12-14)23-4/h5-12H,13H2,1-4H3,(H,20,21). The monoisotopic (exact) mass is 313 g/mol. The van der Waals surface area contributed by atoms with E-state index in [1.54, 1.807) is 32.4 Å². The van der Waals surface area contributed by atoms with Gasteiger partial charge in [0.15, 0.2) is 11.5 Å². The van der Waals surface area contributed by atoms with Crippen molar-refractivity contribution >= 4 is 5.91 Å². The summed E-state index contributed by atoms with van der Waals surface area (Å²) in [5.74, 6) is 1.02. The Labute approximate surface area is 137 Å². The Kier molecular flexibility index (Phi) is 5.27. The molecule has 0 spiro atoms. The highest BCUT2D eigenvalue weighted by atomic mass is 16.5. The molecule has 0 aliphatic carbocycles.